The minimum Gasteiger partial charge on any atom is -0.448 e. The van der Waals surface area contributed by atoms with Crippen molar-refractivity contribution in [1.82, 2.24) is 9.97 Å². The van der Waals surface area contributed by atoms with Gasteiger partial charge in [0.1, 0.15) is 0 Å². The molecule has 1 aliphatic heterocycles. The molecule has 2 aromatic heterocycles. The highest BCUT2D eigenvalue weighted by molar-refractivity contribution is 6.02. The van der Waals surface area contributed by atoms with E-state index in [1.54, 1.807) is 0 Å². The van der Waals surface area contributed by atoms with Gasteiger partial charge in [0.25, 0.3) is 0 Å². The molecule has 0 radical (unpaired) electrons. The van der Waals surface area contributed by atoms with Crippen LogP contribution in [0.3, 0.4) is 0 Å². The Hall–Kier alpha value is -3.92. The number of ether oxygens (including phenoxy) is 1. The van der Waals surface area contributed by atoms with E-state index >= 15 is 0 Å². The summed E-state index contributed by atoms with van der Waals surface area (Å²) in [7, 11) is 0. The van der Waals surface area contributed by atoms with Crippen molar-refractivity contribution in [2.24, 2.45) is 0 Å². The Morgan fingerprint density at radius 1 is 0.750 bits per heavy atom. The topological polar surface area (TPSA) is 38.2 Å². The Labute approximate surface area is 212 Å². The summed E-state index contributed by atoms with van der Waals surface area (Å²) in [5.41, 5.74) is 7.04. The van der Waals surface area contributed by atoms with Gasteiger partial charge < -0.3 is 4.74 Å². The molecule has 0 saturated heterocycles. The van der Waals surface area contributed by atoms with Crippen molar-refractivity contribution >= 4 is 38.9 Å². The number of benzene rings is 3. The van der Waals surface area contributed by atoms with Crippen LogP contribution in [0.1, 0.15) is 48.7 Å². The number of anilines is 3. The van der Waals surface area contributed by atoms with Crippen LogP contribution in [0.15, 0.2) is 60.8 Å². The van der Waals surface area contributed by atoms with Gasteiger partial charge in [0.2, 0.25) is 0 Å². The van der Waals surface area contributed by atoms with Crippen molar-refractivity contribution in [1.29, 1.82) is 0 Å². The summed E-state index contributed by atoms with van der Waals surface area (Å²) in [6, 6.07) is 19.4. The summed E-state index contributed by atoms with van der Waals surface area (Å²) in [6.07, 6.45) is 1.95. The fourth-order valence-corrected chi connectivity index (χ4v) is 5.36. The average molecular weight is 474 g/mol. The fourth-order valence-electron chi connectivity index (χ4n) is 5.36. The highest BCUT2D eigenvalue weighted by Gasteiger charge is 2.34. The highest BCUT2D eigenvalue weighted by Crippen LogP contribution is 2.54. The lowest BCUT2D eigenvalue weighted by molar-refractivity contribution is 0.482. The van der Waals surface area contributed by atoms with Gasteiger partial charge in [-0.1, -0.05) is 74.9 Å². The Morgan fingerprint density at radius 3 is 2.11 bits per heavy atom. The maximum Gasteiger partial charge on any atom is 0.183 e. The van der Waals surface area contributed by atoms with Gasteiger partial charge in [0, 0.05) is 33.4 Å². The van der Waals surface area contributed by atoms with Gasteiger partial charge in [0.05, 0.1) is 5.69 Å². The molecule has 0 bridgehead atoms. The first kappa shape index (κ1) is 22.5. The molecule has 0 atom stereocenters. The molecule has 36 heavy (non-hydrogen) atoms. The largest absolute Gasteiger partial charge is 0.448 e. The maximum absolute atomic E-state index is 6.74. The van der Waals surface area contributed by atoms with Gasteiger partial charge in [-0.15, -0.1) is 0 Å². The van der Waals surface area contributed by atoms with Crippen LogP contribution in [-0.2, 0) is 5.41 Å². The van der Waals surface area contributed by atoms with E-state index in [-0.39, 0.29) is 5.41 Å². The molecule has 0 spiro atoms. The zero-order chi connectivity index (χ0) is 25.4. The number of aromatic nitrogens is 2. The number of nitrogens with zero attached hydrogens (tertiary/aromatic N) is 3. The standard InChI is InChI=1S/C32H31N3O/c1-18-12-13-25-22(14-18)17-33-30-28(25)36-29-26-11-9-8-10-24(26)21(4)34-31(29)35(30)27-19(2)15-23(16-20(27)3)32(5,6)7/h8-17H,1-7H3. The second-order valence-corrected chi connectivity index (χ2v) is 11.0. The van der Waals surface area contributed by atoms with Crippen LogP contribution in [0.4, 0.5) is 17.3 Å². The van der Waals surface area contributed by atoms with Crippen LogP contribution in [0.25, 0.3) is 21.5 Å². The van der Waals surface area contributed by atoms with E-state index < -0.39 is 0 Å². The fraction of sp³-hybridized carbons (Fsp3) is 0.250. The summed E-state index contributed by atoms with van der Waals surface area (Å²) in [5.74, 6) is 3.11. The number of hydrogen-bond acceptors (Lipinski definition) is 4. The van der Waals surface area contributed by atoms with Crippen LogP contribution >= 0.6 is 0 Å². The Kier molecular flexibility index (Phi) is 4.88. The van der Waals surface area contributed by atoms with Crippen molar-refractivity contribution in [3.63, 3.8) is 0 Å². The number of pyridine rings is 2. The van der Waals surface area contributed by atoms with E-state index in [0.717, 1.165) is 56.1 Å². The summed E-state index contributed by atoms with van der Waals surface area (Å²) in [5, 5.41) is 4.27. The summed E-state index contributed by atoms with van der Waals surface area (Å²) < 4.78 is 6.74. The molecule has 3 heterocycles. The molecule has 4 heteroatoms. The zero-order valence-corrected chi connectivity index (χ0v) is 22.0. The first-order chi connectivity index (χ1) is 17.1. The molecule has 3 aromatic carbocycles. The Bertz CT molecular complexity index is 1670. The van der Waals surface area contributed by atoms with Gasteiger partial charge in [-0.3, -0.25) is 4.90 Å². The summed E-state index contributed by atoms with van der Waals surface area (Å²) >= 11 is 0. The van der Waals surface area contributed by atoms with E-state index in [4.69, 9.17) is 14.7 Å². The molecule has 4 nitrogen and oxygen atoms in total. The van der Waals surface area contributed by atoms with Gasteiger partial charge >= 0.3 is 0 Å². The highest BCUT2D eigenvalue weighted by atomic mass is 16.5. The van der Waals surface area contributed by atoms with Gasteiger partial charge in [-0.2, -0.15) is 0 Å². The average Bonchev–Trinajstić information content (AvgIpc) is 2.83. The number of rotatable bonds is 1. The monoisotopic (exact) mass is 473 g/mol. The predicted molar refractivity (Wildman–Crippen MR) is 149 cm³/mol. The third kappa shape index (κ3) is 3.35. The van der Waals surface area contributed by atoms with E-state index in [1.165, 1.54) is 22.3 Å². The van der Waals surface area contributed by atoms with Crippen molar-refractivity contribution in [3.8, 4) is 11.5 Å². The van der Waals surface area contributed by atoms with E-state index in [2.05, 4.69) is 108 Å². The molecule has 0 aliphatic carbocycles. The first-order valence-electron chi connectivity index (χ1n) is 12.5. The molecule has 5 aromatic rings. The lowest BCUT2D eigenvalue weighted by Gasteiger charge is -2.35. The smallest absolute Gasteiger partial charge is 0.183 e. The van der Waals surface area contributed by atoms with Crippen LogP contribution in [-0.4, -0.2) is 9.97 Å². The molecule has 180 valence electrons. The molecular formula is C32H31N3O. The molecule has 6 rings (SSSR count). The van der Waals surface area contributed by atoms with Gasteiger partial charge in [-0.05, 0) is 55.9 Å². The van der Waals surface area contributed by atoms with Crippen molar-refractivity contribution in [2.45, 2.75) is 53.9 Å². The van der Waals surface area contributed by atoms with Crippen LogP contribution < -0.4 is 9.64 Å². The zero-order valence-electron chi connectivity index (χ0n) is 22.0. The Morgan fingerprint density at radius 2 is 1.42 bits per heavy atom. The van der Waals surface area contributed by atoms with E-state index in [1.807, 2.05) is 6.20 Å². The number of aryl methyl sites for hydroxylation is 4. The quantitative estimate of drug-likeness (QED) is 0.239. The minimum atomic E-state index is 0.0617. The molecule has 0 saturated carbocycles. The summed E-state index contributed by atoms with van der Waals surface area (Å²) in [6.45, 7) is 15.3. The Balaban J connectivity index is 1.72. The van der Waals surface area contributed by atoms with Crippen LogP contribution in [0.2, 0.25) is 0 Å². The lowest BCUT2D eigenvalue weighted by atomic mass is 9.84. The van der Waals surface area contributed by atoms with Gasteiger partial charge in [-0.25, -0.2) is 9.97 Å². The van der Waals surface area contributed by atoms with Crippen LogP contribution in [0, 0.1) is 27.7 Å². The summed E-state index contributed by atoms with van der Waals surface area (Å²) in [4.78, 5) is 12.3. The van der Waals surface area contributed by atoms with E-state index in [9.17, 15) is 0 Å². The first-order valence-corrected chi connectivity index (χ1v) is 12.5. The molecular weight excluding hydrogens is 442 g/mol. The van der Waals surface area contributed by atoms with E-state index in [0.29, 0.717) is 0 Å². The minimum absolute atomic E-state index is 0.0617. The van der Waals surface area contributed by atoms with Crippen molar-refractivity contribution < 1.29 is 4.74 Å². The maximum atomic E-state index is 6.74. The normalized spacial score (nSPS) is 13.0. The second kappa shape index (κ2) is 7.79. The number of hydrogen-bond donors (Lipinski definition) is 0. The van der Waals surface area contributed by atoms with Crippen LogP contribution in [0.5, 0.6) is 11.5 Å². The third-order valence-electron chi connectivity index (χ3n) is 7.23. The molecule has 1 aliphatic rings. The second-order valence-electron chi connectivity index (χ2n) is 11.0. The van der Waals surface area contributed by atoms with Gasteiger partial charge in [0.15, 0.2) is 23.1 Å². The molecule has 0 N–H and O–H groups in total. The molecule has 0 fully saturated rings. The molecule has 0 amide bonds. The van der Waals surface area contributed by atoms with Crippen molar-refractivity contribution in [3.05, 3.63) is 88.7 Å². The third-order valence-corrected chi connectivity index (χ3v) is 7.23. The predicted octanol–water partition coefficient (Wildman–Crippen LogP) is 8.89. The lowest BCUT2D eigenvalue weighted by Crippen LogP contribution is -2.22. The number of fused-ring (bicyclic) bond motifs is 6. The van der Waals surface area contributed by atoms with Crippen molar-refractivity contribution in [2.75, 3.05) is 4.90 Å². The SMILES string of the molecule is Cc1ccc2c3c(ncc2c1)N(c1c(C)cc(C(C)(C)C)cc1C)c1nc(C)c2ccccc2c1O3. The molecule has 0 unspecified atom stereocenters.